The van der Waals surface area contributed by atoms with Crippen LogP contribution in [0.3, 0.4) is 0 Å². The van der Waals surface area contributed by atoms with Gasteiger partial charge in [-0.2, -0.15) is 0 Å². The zero-order valence-electron chi connectivity index (χ0n) is 11.0. The Morgan fingerprint density at radius 3 is 2.95 bits per heavy atom. The van der Waals surface area contributed by atoms with Gasteiger partial charge >= 0.3 is 5.97 Å². The Labute approximate surface area is 119 Å². The van der Waals surface area contributed by atoms with Gasteiger partial charge in [-0.1, -0.05) is 11.8 Å². The molecule has 1 aromatic carbocycles. The summed E-state index contributed by atoms with van der Waals surface area (Å²) in [6.07, 6.45) is 1.63. The fraction of sp³-hybridized carbons (Fsp3) is 0.231. The number of ether oxygens (including phenoxy) is 1. The highest BCUT2D eigenvalue weighted by Crippen LogP contribution is 2.29. The first-order chi connectivity index (χ1) is 9.52. The number of aromatic nitrogens is 2. The number of aryl methyl sites for hydroxylation is 1. The van der Waals surface area contributed by atoms with E-state index in [1.807, 2.05) is 6.92 Å². The average Bonchev–Trinajstić information content (AvgIpc) is 2.77. The van der Waals surface area contributed by atoms with Crippen molar-refractivity contribution in [2.24, 2.45) is 0 Å². The van der Waals surface area contributed by atoms with Gasteiger partial charge in [-0.05, 0) is 19.1 Å². The van der Waals surface area contributed by atoms with E-state index in [1.54, 1.807) is 16.8 Å². The van der Waals surface area contributed by atoms with Crippen molar-refractivity contribution in [3.05, 3.63) is 35.9 Å². The topological polar surface area (TPSA) is 64.4 Å². The Morgan fingerprint density at radius 2 is 2.30 bits per heavy atom. The van der Waals surface area contributed by atoms with Crippen LogP contribution in [0.25, 0.3) is 5.69 Å². The fourth-order valence-corrected chi connectivity index (χ4v) is 2.52. The quantitative estimate of drug-likeness (QED) is 0.859. The smallest absolute Gasteiger partial charge is 0.313 e. The predicted octanol–water partition coefficient (Wildman–Crippen LogP) is 2.51. The molecule has 0 spiro atoms. The molecule has 7 heteroatoms. The lowest BCUT2D eigenvalue weighted by Gasteiger charge is -2.13. The molecule has 20 heavy (non-hydrogen) atoms. The normalized spacial score (nSPS) is 10.6. The molecule has 5 nitrogen and oxygen atoms in total. The van der Waals surface area contributed by atoms with E-state index < -0.39 is 11.8 Å². The maximum absolute atomic E-state index is 13.2. The lowest BCUT2D eigenvalue weighted by Crippen LogP contribution is -2.04. The molecule has 0 aliphatic carbocycles. The van der Waals surface area contributed by atoms with Crippen LogP contribution in [-0.2, 0) is 4.79 Å². The maximum atomic E-state index is 13.2. The first-order valence-corrected chi connectivity index (χ1v) is 6.74. The third-order valence-corrected chi connectivity index (χ3v) is 3.55. The minimum absolute atomic E-state index is 0.0973. The summed E-state index contributed by atoms with van der Waals surface area (Å²) in [7, 11) is 1.45. The van der Waals surface area contributed by atoms with Gasteiger partial charge in [0, 0.05) is 18.0 Å². The highest BCUT2D eigenvalue weighted by molar-refractivity contribution is 7.99. The van der Waals surface area contributed by atoms with Crippen LogP contribution in [0.2, 0.25) is 0 Å². The van der Waals surface area contributed by atoms with Crippen molar-refractivity contribution in [1.82, 2.24) is 9.55 Å². The van der Waals surface area contributed by atoms with Crippen LogP contribution in [0, 0.1) is 12.7 Å². The van der Waals surface area contributed by atoms with Crippen molar-refractivity contribution in [2.45, 2.75) is 12.1 Å². The molecule has 0 aliphatic heterocycles. The molecule has 0 saturated heterocycles. The molecule has 1 aromatic heterocycles. The number of carboxylic acids is 1. The summed E-state index contributed by atoms with van der Waals surface area (Å²) in [6, 6.07) is 4.18. The number of hydrogen-bond acceptors (Lipinski definition) is 4. The van der Waals surface area contributed by atoms with E-state index in [-0.39, 0.29) is 5.75 Å². The number of benzene rings is 1. The largest absolute Gasteiger partial charge is 0.494 e. The summed E-state index contributed by atoms with van der Waals surface area (Å²) >= 11 is 1.10. The van der Waals surface area contributed by atoms with Gasteiger partial charge < -0.3 is 9.84 Å². The molecular formula is C13H13FN2O3S. The molecule has 1 N–H and O–H groups in total. The lowest BCUT2D eigenvalue weighted by molar-refractivity contribution is -0.133. The van der Waals surface area contributed by atoms with E-state index in [4.69, 9.17) is 9.84 Å². The number of aliphatic carboxylic acids is 1. The zero-order chi connectivity index (χ0) is 14.7. The van der Waals surface area contributed by atoms with Crippen molar-refractivity contribution < 1.29 is 19.0 Å². The number of methoxy groups -OCH3 is 1. The Hall–Kier alpha value is -2.02. The number of nitrogens with zero attached hydrogens (tertiary/aromatic N) is 2. The first kappa shape index (κ1) is 14.4. The number of carbonyl (C=O) groups is 1. The van der Waals surface area contributed by atoms with Crippen LogP contribution >= 0.6 is 11.8 Å². The van der Waals surface area contributed by atoms with Crippen molar-refractivity contribution in [3.8, 4) is 11.4 Å². The fourth-order valence-electron chi connectivity index (χ4n) is 1.77. The first-order valence-electron chi connectivity index (χ1n) is 5.75. The molecule has 106 valence electrons. The van der Waals surface area contributed by atoms with Gasteiger partial charge in [0.2, 0.25) is 0 Å². The maximum Gasteiger partial charge on any atom is 0.313 e. The van der Waals surface area contributed by atoms with Crippen LogP contribution in [0.15, 0.2) is 29.6 Å². The van der Waals surface area contributed by atoms with Crippen molar-refractivity contribution in [1.29, 1.82) is 0 Å². The Kier molecular flexibility index (Phi) is 4.29. The van der Waals surface area contributed by atoms with Crippen molar-refractivity contribution in [3.63, 3.8) is 0 Å². The molecule has 0 atom stereocenters. The summed E-state index contributed by atoms with van der Waals surface area (Å²) in [5.74, 6) is -1.06. The van der Waals surface area contributed by atoms with Crippen LogP contribution in [0.1, 0.15) is 5.69 Å². The summed E-state index contributed by atoms with van der Waals surface area (Å²) in [6.45, 7) is 1.83. The molecule has 0 unspecified atom stereocenters. The molecule has 0 amide bonds. The SMILES string of the molecule is COc1cc(F)ccc1-n1c(C)cnc1SCC(=O)O. The van der Waals surface area contributed by atoms with Gasteiger partial charge in [-0.25, -0.2) is 9.37 Å². The van der Waals surface area contributed by atoms with Crippen LogP contribution in [-0.4, -0.2) is 33.5 Å². The van der Waals surface area contributed by atoms with E-state index in [0.29, 0.717) is 16.6 Å². The zero-order valence-corrected chi connectivity index (χ0v) is 11.8. The number of thioether (sulfide) groups is 1. The summed E-state index contributed by atoms with van der Waals surface area (Å²) in [5, 5.41) is 9.27. The second-order valence-electron chi connectivity index (χ2n) is 4.02. The average molecular weight is 296 g/mol. The third-order valence-electron chi connectivity index (χ3n) is 2.61. The van der Waals surface area contributed by atoms with E-state index in [2.05, 4.69) is 4.98 Å². The van der Waals surface area contributed by atoms with Gasteiger partial charge in [0.25, 0.3) is 0 Å². The Bertz CT molecular complexity index is 643. The Balaban J connectivity index is 2.46. The number of halogens is 1. The molecule has 0 fully saturated rings. The van der Waals surface area contributed by atoms with Gasteiger partial charge in [0.05, 0.1) is 18.6 Å². The molecule has 1 heterocycles. The summed E-state index contributed by atoms with van der Waals surface area (Å²) < 4.78 is 20.2. The number of imidazole rings is 1. The minimum Gasteiger partial charge on any atom is -0.494 e. The molecule has 0 bridgehead atoms. The number of hydrogen-bond donors (Lipinski definition) is 1. The van der Waals surface area contributed by atoms with Crippen molar-refractivity contribution in [2.75, 3.05) is 12.9 Å². The predicted molar refractivity (Wildman–Crippen MR) is 73.2 cm³/mol. The third kappa shape index (κ3) is 2.93. The number of carboxylic acid groups (broad SMARTS) is 1. The van der Waals surface area contributed by atoms with Gasteiger partial charge in [0.1, 0.15) is 11.6 Å². The van der Waals surface area contributed by atoms with Crippen LogP contribution in [0.5, 0.6) is 5.75 Å². The van der Waals surface area contributed by atoms with Gasteiger partial charge in [0.15, 0.2) is 5.16 Å². The molecule has 2 aromatic rings. The highest BCUT2D eigenvalue weighted by atomic mass is 32.2. The molecular weight excluding hydrogens is 283 g/mol. The molecule has 0 aliphatic rings. The van der Waals surface area contributed by atoms with E-state index >= 15 is 0 Å². The van der Waals surface area contributed by atoms with Crippen LogP contribution < -0.4 is 4.74 Å². The summed E-state index contributed by atoms with van der Waals surface area (Å²) in [5.41, 5.74) is 1.43. The standard InChI is InChI=1S/C13H13FN2O3S/c1-8-6-15-13(20-7-12(17)18)16(8)10-4-3-9(14)5-11(10)19-2/h3-6H,7H2,1-2H3,(H,17,18). The van der Waals surface area contributed by atoms with Crippen molar-refractivity contribution >= 4 is 17.7 Å². The van der Waals surface area contributed by atoms with E-state index in [0.717, 1.165) is 17.5 Å². The lowest BCUT2D eigenvalue weighted by atomic mass is 10.2. The second-order valence-corrected chi connectivity index (χ2v) is 4.96. The monoisotopic (exact) mass is 296 g/mol. The Morgan fingerprint density at radius 1 is 1.55 bits per heavy atom. The minimum atomic E-state index is -0.923. The van der Waals surface area contributed by atoms with E-state index in [9.17, 15) is 9.18 Å². The van der Waals surface area contributed by atoms with Gasteiger partial charge in [-0.3, -0.25) is 9.36 Å². The van der Waals surface area contributed by atoms with Crippen LogP contribution in [0.4, 0.5) is 4.39 Å². The molecule has 0 radical (unpaired) electrons. The highest BCUT2D eigenvalue weighted by Gasteiger charge is 2.15. The molecule has 2 rings (SSSR count). The van der Waals surface area contributed by atoms with Gasteiger partial charge in [-0.15, -0.1) is 0 Å². The van der Waals surface area contributed by atoms with E-state index in [1.165, 1.54) is 19.2 Å². The summed E-state index contributed by atoms with van der Waals surface area (Å²) in [4.78, 5) is 14.8. The number of rotatable bonds is 5. The molecule has 0 saturated carbocycles. The second kappa shape index (κ2) is 5.96.